The van der Waals surface area contributed by atoms with Crippen molar-refractivity contribution in [2.24, 2.45) is 5.92 Å². The molecule has 1 aliphatic rings. The first-order valence-corrected chi connectivity index (χ1v) is 13.6. The summed E-state index contributed by atoms with van der Waals surface area (Å²) < 4.78 is 10.3. The number of Topliss-reactive ketones (excluding diaryl/α,β-unsaturated/α-hetero) is 1. The van der Waals surface area contributed by atoms with Crippen LogP contribution in [-0.2, 0) is 32.1 Å². The van der Waals surface area contributed by atoms with Crippen molar-refractivity contribution in [1.82, 2.24) is 15.0 Å². The number of ether oxygens (including phenoxy) is 2. The van der Waals surface area contributed by atoms with Gasteiger partial charge in [0.1, 0.15) is 23.1 Å². The lowest BCUT2D eigenvalue weighted by Crippen LogP contribution is -2.37. The van der Waals surface area contributed by atoms with Crippen molar-refractivity contribution >= 4 is 46.5 Å². The van der Waals surface area contributed by atoms with E-state index >= 15 is 0 Å². The van der Waals surface area contributed by atoms with Crippen LogP contribution in [-0.4, -0.2) is 52.4 Å². The molecule has 11 heteroatoms. The Morgan fingerprint density at radius 2 is 1.89 bits per heavy atom. The van der Waals surface area contributed by atoms with Crippen molar-refractivity contribution < 1.29 is 23.9 Å². The van der Waals surface area contributed by atoms with Crippen LogP contribution in [0.1, 0.15) is 52.6 Å². The Morgan fingerprint density at radius 1 is 1.13 bits per heavy atom. The summed E-state index contributed by atoms with van der Waals surface area (Å²) in [5.74, 6) is -0.175. The highest BCUT2D eigenvalue weighted by molar-refractivity contribution is 7.12. The summed E-state index contributed by atoms with van der Waals surface area (Å²) in [6.45, 7) is 6.85. The number of anilines is 1. The molecule has 1 aliphatic heterocycles. The third-order valence-corrected chi connectivity index (χ3v) is 7.71. The maximum Gasteiger partial charge on any atom is 0.309 e. The zero-order valence-corrected chi connectivity index (χ0v) is 23.1. The monoisotopic (exact) mass is 556 g/mol. The lowest BCUT2D eigenvalue weighted by atomic mass is 9.97. The SMILES string of the molecule is CCOC(=O)C1CCN(c2cnc(C(=O)Cc3nc(-c4ccc(Cl)c(C)c4)c(COC(C)=O)s3)cn2)CC1. The van der Waals surface area contributed by atoms with Gasteiger partial charge in [-0.15, -0.1) is 11.3 Å². The van der Waals surface area contributed by atoms with Crippen LogP contribution in [0.2, 0.25) is 5.02 Å². The number of ketones is 1. The molecule has 2 aromatic heterocycles. The van der Waals surface area contributed by atoms with Gasteiger partial charge in [-0.25, -0.2) is 15.0 Å². The third-order valence-electron chi connectivity index (χ3n) is 6.25. The molecule has 3 aromatic rings. The van der Waals surface area contributed by atoms with Gasteiger partial charge in [0.25, 0.3) is 0 Å². The molecule has 0 radical (unpaired) electrons. The average Bonchev–Trinajstić information content (AvgIpc) is 3.31. The Labute approximate surface area is 230 Å². The number of aryl methyl sites for hydroxylation is 1. The van der Waals surface area contributed by atoms with Crippen LogP contribution in [0.4, 0.5) is 5.82 Å². The van der Waals surface area contributed by atoms with E-state index in [0.29, 0.717) is 54.1 Å². The molecule has 0 amide bonds. The minimum absolute atomic E-state index is 0.0449. The maximum absolute atomic E-state index is 13.0. The number of thiazole rings is 1. The van der Waals surface area contributed by atoms with E-state index in [1.807, 2.05) is 19.1 Å². The minimum atomic E-state index is -0.394. The molecule has 0 unspecified atom stereocenters. The van der Waals surface area contributed by atoms with Gasteiger partial charge in [0.15, 0.2) is 5.78 Å². The van der Waals surface area contributed by atoms with Gasteiger partial charge in [-0.05, 0) is 44.4 Å². The maximum atomic E-state index is 13.0. The summed E-state index contributed by atoms with van der Waals surface area (Å²) in [6.07, 6.45) is 4.50. The quantitative estimate of drug-likeness (QED) is 0.270. The van der Waals surface area contributed by atoms with Crippen LogP contribution in [0.3, 0.4) is 0 Å². The highest BCUT2D eigenvalue weighted by Crippen LogP contribution is 2.32. The van der Waals surface area contributed by atoms with Gasteiger partial charge in [0, 0.05) is 30.6 Å². The minimum Gasteiger partial charge on any atom is -0.466 e. The molecule has 1 fully saturated rings. The van der Waals surface area contributed by atoms with Crippen molar-refractivity contribution in [3.63, 3.8) is 0 Å². The second-order valence-electron chi connectivity index (χ2n) is 9.00. The molecule has 1 aromatic carbocycles. The predicted octanol–water partition coefficient (Wildman–Crippen LogP) is 4.83. The summed E-state index contributed by atoms with van der Waals surface area (Å²) in [4.78, 5) is 52.7. The van der Waals surface area contributed by atoms with Gasteiger partial charge in [-0.3, -0.25) is 14.4 Å². The zero-order valence-electron chi connectivity index (χ0n) is 21.5. The molecule has 3 heterocycles. The van der Waals surface area contributed by atoms with E-state index in [9.17, 15) is 14.4 Å². The van der Waals surface area contributed by atoms with Crippen LogP contribution < -0.4 is 4.90 Å². The summed E-state index contributed by atoms with van der Waals surface area (Å²) in [7, 11) is 0. The Kier molecular flexibility index (Phi) is 9.06. The first-order chi connectivity index (χ1) is 18.2. The van der Waals surface area contributed by atoms with E-state index in [1.165, 1.54) is 24.5 Å². The topological polar surface area (TPSA) is 112 Å². The number of piperidine rings is 1. The number of esters is 2. The summed E-state index contributed by atoms with van der Waals surface area (Å²) in [5.41, 5.74) is 2.64. The molecule has 200 valence electrons. The van der Waals surface area contributed by atoms with Crippen molar-refractivity contribution in [2.75, 3.05) is 24.6 Å². The van der Waals surface area contributed by atoms with Crippen molar-refractivity contribution in [1.29, 1.82) is 0 Å². The van der Waals surface area contributed by atoms with E-state index in [0.717, 1.165) is 16.0 Å². The van der Waals surface area contributed by atoms with Crippen LogP contribution in [0.25, 0.3) is 11.3 Å². The first kappa shape index (κ1) is 27.7. The normalized spacial score (nSPS) is 13.8. The Morgan fingerprint density at radius 3 is 2.53 bits per heavy atom. The summed E-state index contributed by atoms with van der Waals surface area (Å²) >= 11 is 7.50. The molecule has 0 aliphatic carbocycles. The number of halogens is 1. The van der Waals surface area contributed by atoms with Crippen LogP contribution >= 0.6 is 22.9 Å². The fraction of sp³-hybridized carbons (Fsp3) is 0.407. The van der Waals surface area contributed by atoms with E-state index in [-0.39, 0.29) is 36.4 Å². The Hall–Kier alpha value is -3.37. The second-order valence-corrected chi connectivity index (χ2v) is 10.6. The largest absolute Gasteiger partial charge is 0.466 e. The number of nitrogens with zero attached hydrogens (tertiary/aromatic N) is 4. The highest BCUT2D eigenvalue weighted by Gasteiger charge is 2.27. The molecule has 38 heavy (non-hydrogen) atoms. The van der Waals surface area contributed by atoms with Gasteiger partial charge in [-0.2, -0.15) is 0 Å². The lowest BCUT2D eigenvalue weighted by molar-refractivity contribution is -0.148. The number of aromatic nitrogens is 3. The summed E-state index contributed by atoms with van der Waals surface area (Å²) in [6, 6.07) is 5.56. The second kappa shape index (κ2) is 12.4. The van der Waals surface area contributed by atoms with Crippen LogP contribution in [0, 0.1) is 12.8 Å². The highest BCUT2D eigenvalue weighted by atomic mass is 35.5. The Balaban J connectivity index is 1.44. The Bertz CT molecular complexity index is 1320. The molecule has 0 bridgehead atoms. The predicted molar refractivity (Wildman–Crippen MR) is 144 cm³/mol. The zero-order chi connectivity index (χ0) is 27.2. The van der Waals surface area contributed by atoms with E-state index in [2.05, 4.69) is 19.9 Å². The number of hydrogen-bond donors (Lipinski definition) is 0. The number of benzene rings is 1. The van der Waals surface area contributed by atoms with Crippen molar-refractivity contribution in [2.45, 2.75) is 46.6 Å². The fourth-order valence-corrected chi connectivity index (χ4v) is 5.34. The van der Waals surface area contributed by atoms with Gasteiger partial charge in [0.2, 0.25) is 0 Å². The molecule has 0 atom stereocenters. The van der Waals surface area contributed by atoms with Gasteiger partial charge >= 0.3 is 11.9 Å². The number of carbonyl (C=O) groups excluding carboxylic acids is 3. The molecule has 9 nitrogen and oxygen atoms in total. The summed E-state index contributed by atoms with van der Waals surface area (Å²) in [5, 5.41) is 1.23. The number of carbonyl (C=O) groups is 3. The molecular formula is C27H29ClN4O5S. The average molecular weight is 557 g/mol. The van der Waals surface area contributed by atoms with Crippen molar-refractivity contribution in [3.8, 4) is 11.3 Å². The first-order valence-electron chi connectivity index (χ1n) is 12.4. The third kappa shape index (κ3) is 6.73. The standard InChI is InChI=1S/C27H29ClN4O5S/c1-4-36-27(35)18-7-9-32(10-8-18)24-14-29-21(13-30-24)22(34)12-25-31-26(23(38-25)15-37-17(3)33)19-5-6-20(28)16(2)11-19/h5-6,11,13-14,18H,4,7-10,12,15H2,1-3H3. The van der Waals surface area contributed by atoms with Crippen LogP contribution in [0.15, 0.2) is 30.6 Å². The van der Waals surface area contributed by atoms with Gasteiger partial charge < -0.3 is 14.4 Å². The number of rotatable bonds is 9. The molecular weight excluding hydrogens is 528 g/mol. The van der Waals surface area contributed by atoms with E-state index < -0.39 is 5.97 Å². The molecule has 0 N–H and O–H groups in total. The van der Waals surface area contributed by atoms with E-state index in [1.54, 1.807) is 19.2 Å². The van der Waals surface area contributed by atoms with Gasteiger partial charge in [-0.1, -0.05) is 17.7 Å². The molecule has 1 saturated heterocycles. The molecule has 0 spiro atoms. The fourth-order valence-electron chi connectivity index (χ4n) is 4.22. The smallest absolute Gasteiger partial charge is 0.309 e. The number of hydrogen-bond acceptors (Lipinski definition) is 10. The van der Waals surface area contributed by atoms with Crippen molar-refractivity contribution in [3.05, 3.63) is 56.8 Å². The molecule has 0 saturated carbocycles. The lowest BCUT2D eigenvalue weighted by Gasteiger charge is -2.31. The molecule has 4 rings (SSSR count). The van der Waals surface area contributed by atoms with E-state index in [4.69, 9.17) is 21.1 Å². The van der Waals surface area contributed by atoms with Gasteiger partial charge in [0.05, 0.1) is 41.9 Å². The van der Waals surface area contributed by atoms with Crippen LogP contribution in [0.5, 0.6) is 0 Å².